The number of aryl methyl sites for hydroxylation is 1. The molecule has 3 rings (SSSR count). The molecule has 0 saturated carbocycles. The fraction of sp³-hybridized carbons (Fsp3) is 0.125. The number of nitro groups is 2. The molecule has 152 valence electrons. The summed E-state index contributed by atoms with van der Waals surface area (Å²) in [5.74, 6) is 0. The van der Waals surface area contributed by atoms with Crippen LogP contribution in [0.1, 0.15) is 10.4 Å². The van der Waals surface area contributed by atoms with E-state index >= 15 is 0 Å². The average Bonchev–Trinajstić information content (AvgIpc) is 3.15. The molecule has 2 N–H and O–H groups in total. The number of hydrogen-bond acceptors (Lipinski definition) is 8. The highest BCUT2D eigenvalue weighted by Gasteiger charge is 2.22. The van der Waals surface area contributed by atoms with E-state index in [1.54, 1.807) is 11.3 Å². The molecule has 3 aromatic rings. The summed E-state index contributed by atoms with van der Waals surface area (Å²) in [5.41, 5.74) is 5.97. The van der Waals surface area contributed by atoms with Crippen LogP contribution in [0.25, 0.3) is 0 Å². The lowest BCUT2D eigenvalue weighted by atomic mass is 10.1. The highest BCUT2D eigenvalue weighted by Crippen LogP contribution is 2.32. The van der Waals surface area contributed by atoms with Crippen molar-refractivity contribution in [1.82, 2.24) is 9.97 Å². The van der Waals surface area contributed by atoms with E-state index in [1.165, 1.54) is 18.5 Å². The molecular formula is C16H12Cl3N5O4S. The largest absolute Gasteiger partial charge is 0.397 e. The molecule has 0 aliphatic rings. The smallest absolute Gasteiger partial charge is 0.324 e. The molecule has 0 saturated heterocycles. The third-order valence-electron chi connectivity index (χ3n) is 3.54. The Hall–Kier alpha value is -2.53. The van der Waals surface area contributed by atoms with Gasteiger partial charge >= 0.3 is 11.4 Å². The summed E-state index contributed by atoms with van der Waals surface area (Å²) in [7, 11) is 0. The van der Waals surface area contributed by atoms with Crippen molar-refractivity contribution in [2.75, 3.05) is 5.73 Å². The van der Waals surface area contributed by atoms with Crippen molar-refractivity contribution in [3.05, 3.63) is 82.0 Å². The maximum Gasteiger partial charge on any atom is 0.324 e. The number of nitrogen functional groups attached to an aromatic ring is 1. The zero-order chi connectivity index (χ0) is 21.6. The van der Waals surface area contributed by atoms with Gasteiger partial charge in [0.1, 0.15) is 5.02 Å². The number of thiophene rings is 1. The molecule has 0 radical (unpaired) electrons. The van der Waals surface area contributed by atoms with E-state index in [0.717, 1.165) is 4.88 Å². The van der Waals surface area contributed by atoms with Gasteiger partial charge in [-0.2, -0.15) is 0 Å². The van der Waals surface area contributed by atoms with Crippen LogP contribution in [0.5, 0.6) is 0 Å². The average molecular weight is 477 g/mol. The lowest BCUT2D eigenvalue weighted by Gasteiger charge is -2.06. The Balaban J connectivity index is 0.000000234. The van der Waals surface area contributed by atoms with E-state index in [4.69, 9.17) is 40.5 Å². The van der Waals surface area contributed by atoms with E-state index in [-0.39, 0.29) is 26.7 Å². The Morgan fingerprint density at radius 1 is 1.00 bits per heavy atom. The number of hydrogen-bond donors (Lipinski definition) is 1. The second kappa shape index (κ2) is 10.3. The molecule has 0 spiro atoms. The summed E-state index contributed by atoms with van der Waals surface area (Å²) in [6.45, 7) is 0. The van der Waals surface area contributed by atoms with Gasteiger partial charge in [-0.15, -0.1) is 11.3 Å². The molecule has 0 unspecified atom stereocenters. The summed E-state index contributed by atoms with van der Waals surface area (Å²) in [5, 5.41) is 22.9. The first-order valence-electron chi connectivity index (χ1n) is 7.76. The first kappa shape index (κ1) is 22.8. The summed E-state index contributed by atoms with van der Waals surface area (Å²) in [6.07, 6.45) is 3.84. The van der Waals surface area contributed by atoms with Gasteiger partial charge in [-0.05, 0) is 30.4 Å². The van der Waals surface area contributed by atoms with Crippen molar-refractivity contribution >= 4 is 63.2 Å². The van der Waals surface area contributed by atoms with Gasteiger partial charge in [0, 0.05) is 11.1 Å². The predicted octanol–water partition coefficient (Wildman–Crippen LogP) is 5.37. The van der Waals surface area contributed by atoms with E-state index in [9.17, 15) is 20.2 Å². The zero-order valence-corrected chi connectivity index (χ0v) is 17.5. The van der Waals surface area contributed by atoms with Crippen molar-refractivity contribution in [3.8, 4) is 0 Å². The number of pyridine rings is 2. The third-order valence-corrected chi connectivity index (χ3v) is 5.34. The minimum absolute atomic E-state index is 0.00463. The fourth-order valence-corrected chi connectivity index (χ4v) is 3.68. The first-order valence-corrected chi connectivity index (χ1v) is 9.77. The van der Waals surface area contributed by atoms with Crippen LogP contribution in [-0.2, 0) is 12.8 Å². The zero-order valence-electron chi connectivity index (χ0n) is 14.4. The molecule has 9 nitrogen and oxygen atoms in total. The molecular weight excluding hydrogens is 465 g/mol. The Bertz CT molecular complexity index is 1010. The summed E-state index contributed by atoms with van der Waals surface area (Å²) in [6, 6.07) is 5.23. The lowest BCUT2D eigenvalue weighted by molar-refractivity contribution is -0.385. The Kier molecular flexibility index (Phi) is 8.09. The van der Waals surface area contributed by atoms with Crippen molar-refractivity contribution in [3.63, 3.8) is 0 Å². The van der Waals surface area contributed by atoms with Gasteiger partial charge in [-0.1, -0.05) is 40.9 Å². The lowest BCUT2D eigenvalue weighted by Crippen LogP contribution is -2.04. The normalized spacial score (nSPS) is 10.2. The van der Waals surface area contributed by atoms with Crippen molar-refractivity contribution in [2.24, 2.45) is 0 Å². The predicted molar refractivity (Wildman–Crippen MR) is 113 cm³/mol. The van der Waals surface area contributed by atoms with Crippen LogP contribution in [0.4, 0.5) is 17.1 Å². The molecule has 0 aromatic carbocycles. The van der Waals surface area contributed by atoms with Gasteiger partial charge < -0.3 is 5.73 Å². The first-order chi connectivity index (χ1) is 13.7. The van der Waals surface area contributed by atoms with Crippen LogP contribution in [0.2, 0.25) is 15.3 Å². The number of rotatable bonds is 5. The Morgan fingerprint density at radius 2 is 1.66 bits per heavy atom. The molecule has 0 aliphatic heterocycles. The highest BCUT2D eigenvalue weighted by molar-refractivity contribution is 7.09. The molecule has 13 heteroatoms. The van der Waals surface area contributed by atoms with Crippen LogP contribution in [0.3, 0.4) is 0 Å². The number of halogens is 3. The molecule has 0 aliphatic carbocycles. The molecule has 3 aromatic heterocycles. The topological polar surface area (TPSA) is 138 Å². The number of nitrogens with two attached hydrogens (primary N) is 1. The minimum atomic E-state index is -0.669. The second-order valence-corrected chi connectivity index (χ2v) is 7.51. The van der Waals surface area contributed by atoms with Crippen LogP contribution >= 0.6 is 46.1 Å². The Morgan fingerprint density at radius 3 is 2.17 bits per heavy atom. The molecule has 0 amide bonds. The van der Waals surface area contributed by atoms with Gasteiger partial charge in [-0.25, -0.2) is 9.97 Å². The van der Waals surface area contributed by atoms with E-state index < -0.39 is 9.85 Å². The molecule has 29 heavy (non-hydrogen) atoms. The maximum atomic E-state index is 11.0. The van der Waals surface area contributed by atoms with Gasteiger partial charge in [0.2, 0.25) is 10.3 Å². The summed E-state index contributed by atoms with van der Waals surface area (Å²) in [4.78, 5) is 28.4. The van der Waals surface area contributed by atoms with Gasteiger partial charge in [-0.3, -0.25) is 20.2 Å². The highest BCUT2D eigenvalue weighted by atomic mass is 35.5. The quantitative estimate of drug-likeness (QED) is 0.297. The number of anilines is 1. The van der Waals surface area contributed by atoms with Crippen molar-refractivity contribution in [1.29, 1.82) is 0 Å². The molecule has 0 fully saturated rings. The molecule has 0 atom stereocenters. The van der Waals surface area contributed by atoms with Crippen molar-refractivity contribution < 1.29 is 9.85 Å². The number of aromatic nitrogens is 2. The van der Waals surface area contributed by atoms with E-state index in [1.807, 2.05) is 17.5 Å². The van der Waals surface area contributed by atoms with Crippen molar-refractivity contribution in [2.45, 2.75) is 12.8 Å². The number of nitrogens with zero attached hydrogens (tertiary/aromatic N) is 4. The standard InChI is InChI=1S/C11H10ClN3O2S.C5H2Cl2N2O2/c12-11-10(15(16)17)8(9(13)6-14-11)4-3-7-2-1-5-18-7;6-3-1-2-8-5(7)4(3)9(10)11/h1-2,5-6H,3-4,13H2;1-2H. The van der Waals surface area contributed by atoms with Crippen LogP contribution in [0, 0.1) is 20.2 Å². The van der Waals surface area contributed by atoms with E-state index in [2.05, 4.69) is 9.97 Å². The SMILES string of the molecule is Nc1cnc(Cl)c([N+](=O)[O-])c1CCc1cccs1.O=[N+]([O-])c1c(Cl)ccnc1Cl. The fourth-order valence-electron chi connectivity index (χ4n) is 2.25. The summed E-state index contributed by atoms with van der Waals surface area (Å²) >= 11 is 18.2. The van der Waals surface area contributed by atoms with Gasteiger partial charge in [0.25, 0.3) is 0 Å². The monoisotopic (exact) mass is 475 g/mol. The summed E-state index contributed by atoms with van der Waals surface area (Å²) < 4.78 is 0. The van der Waals surface area contributed by atoms with Gasteiger partial charge in [0.15, 0.2) is 0 Å². The van der Waals surface area contributed by atoms with Crippen LogP contribution in [0.15, 0.2) is 36.0 Å². The Labute approximate surface area is 183 Å². The molecule has 3 heterocycles. The second-order valence-electron chi connectivity index (χ2n) is 5.36. The maximum absolute atomic E-state index is 11.0. The molecule has 0 bridgehead atoms. The minimum Gasteiger partial charge on any atom is -0.397 e. The van der Waals surface area contributed by atoms with Crippen LogP contribution < -0.4 is 5.73 Å². The third kappa shape index (κ3) is 5.97. The van der Waals surface area contributed by atoms with Gasteiger partial charge in [0.05, 0.1) is 27.3 Å². The van der Waals surface area contributed by atoms with Crippen LogP contribution in [-0.4, -0.2) is 19.8 Å². The van der Waals surface area contributed by atoms with E-state index in [0.29, 0.717) is 24.1 Å².